The zero-order valence-corrected chi connectivity index (χ0v) is 17.6. The van der Waals surface area contributed by atoms with Gasteiger partial charge in [-0.15, -0.1) is 10.2 Å². The Labute approximate surface area is 174 Å². The topological polar surface area (TPSA) is 80.1 Å². The number of aryl methyl sites for hydroxylation is 2. The summed E-state index contributed by atoms with van der Waals surface area (Å²) >= 11 is 1.13. The molecule has 1 heterocycles. The van der Waals surface area contributed by atoms with Crippen LogP contribution in [0.3, 0.4) is 0 Å². The summed E-state index contributed by atoms with van der Waals surface area (Å²) in [6.07, 6.45) is 1.60. The second-order valence-corrected chi connectivity index (χ2v) is 8.27. The average Bonchev–Trinajstić information content (AvgIpc) is 3.10. The predicted octanol–water partition coefficient (Wildman–Crippen LogP) is 3.07. The van der Waals surface area contributed by atoms with E-state index in [1.54, 1.807) is 6.92 Å². The van der Waals surface area contributed by atoms with Gasteiger partial charge in [-0.1, -0.05) is 42.1 Å². The van der Waals surface area contributed by atoms with Gasteiger partial charge in [0.15, 0.2) is 5.16 Å². The zero-order chi connectivity index (χ0) is 20.8. The van der Waals surface area contributed by atoms with Gasteiger partial charge >= 0.3 is 0 Å². The Bertz CT molecular complexity index is 940. The summed E-state index contributed by atoms with van der Waals surface area (Å²) in [5.74, 6) is 0.515. The van der Waals surface area contributed by atoms with Gasteiger partial charge in [-0.3, -0.25) is 4.57 Å². The maximum Gasteiger partial charge on any atom is 0.196 e. The van der Waals surface area contributed by atoms with Gasteiger partial charge < -0.3 is 14.6 Å². The third-order valence-corrected chi connectivity index (χ3v) is 5.28. The van der Waals surface area contributed by atoms with Gasteiger partial charge in [0.25, 0.3) is 0 Å². The first-order valence-corrected chi connectivity index (χ1v) is 10.4. The van der Waals surface area contributed by atoms with Crippen molar-refractivity contribution in [2.45, 2.75) is 50.1 Å². The lowest BCUT2D eigenvalue weighted by Gasteiger charge is -2.14. The maximum absolute atomic E-state index is 11.2. The number of aromatic nitrogens is 3. The van der Waals surface area contributed by atoms with Gasteiger partial charge in [0.05, 0.1) is 12.1 Å². The Balaban J connectivity index is 1.80. The number of carbonyl (C=O) groups excluding carboxylic acids is 1. The molecule has 1 aromatic heterocycles. The lowest BCUT2D eigenvalue weighted by atomic mass is 10.1. The number of hydrogen-bond acceptors (Lipinski definition) is 6. The van der Waals surface area contributed by atoms with Crippen molar-refractivity contribution in [3.05, 3.63) is 66.0 Å². The van der Waals surface area contributed by atoms with E-state index < -0.39 is 11.2 Å². The maximum atomic E-state index is 11.2. The van der Waals surface area contributed by atoms with Crippen LogP contribution in [0.25, 0.3) is 5.69 Å². The average molecular weight is 411 g/mol. The van der Waals surface area contributed by atoms with E-state index in [-0.39, 0.29) is 6.10 Å². The molecule has 3 aromatic rings. The van der Waals surface area contributed by atoms with Gasteiger partial charge in [0, 0.05) is 17.4 Å². The second-order valence-electron chi connectivity index (χ2n) is 6.96. The number of carboxylic acids is 1. The first-order chi connectivity index (χ1) is 13.9. The van der Waals surface area contributed by atoms with E-state index in [1.807, 2.05) is 60.9 Å². The largest absolute Gasteiger partial charge is 0.549 e. The first-order valence-electron chi connectivity index (χ1n) is 9.57. The Kier molecular flexibility index (Phi) is 6.93. The summed E-state index contributed by atoms with van der Waals surface area (Å²) < 4.78 is 7.60. The Hall–Kier alpha value is -2.80. The van der Waals surface area contributed by atoms with E-state index in [4.69, 9.17) is 4.74 Å². The van der Waals surface area contributed by atoms with Crippen LogP contribution in [0, 0.1) is 0 Å². The van der Waals surface area contributed by atoms with Gasteiger partial charge in [0.1, 0.15) is 11.6 Å². The molecular weight excluding hydrogens is 386 g/mol. The van der Waals surface area contributed by atoms with Crippen molar-refractivity contribution >= 4 is 17.7 Å². The number of hydrogen-bond donors (Lipinski definition) is 0. The number of nitrogens with zero attached hydrogens (tertiary/aromatic N) is 3. The molecule has 29 heavy (non-hydrogen) atoms. The minimum absolute atomic E-state index is 0.143. The van der Waals surface area contributed by atoms with Crippen molar-refractivity contribution in [1.29, 1.82) is 0 Å². The Morgan fingerprint density at radius 3 is 2.34 bits per heavy atom. The van der Waals surface area contributed by atoms with E-state index in [1.165, 1.54) is 5.56 Å². The predicted molar refractivity (Wildman–Crippen MR) is 111 cm³/mol. The van der Waals surface area contributed by atoms with E-state index in [0.717, 1.165) is 35.4 Å². The number of ether oxygens (including phenoxy) is 1. The molecule has 0 radical (unpaired) electrons. The summed E-state index contributed by atoms with van der Waals surface area (Å²) in [5, 5.41) is 19.6. The van der Waals surface area contributed by atoms with Crippen LogP contribution in [0.1, 0.15) is 32.2 Å². The summed E-state index contributed by atoms with van der Waals surface area (Å²) in [6, 6.07) is 17.8. The quantitative estimate of drug-likeness (QED) is 0.505. The smallest absolute Gasteiger partial charge is 0.196 e. The van der Waals surface area contributed by atoms with Crippen LogP contribution in [-0.2, 0) is 17.6 Å². The van der Waals surface area contributed by atoms with Crippen molar-refractivity contribution in [3.63, 3.8) is 0 Å². The molecule has 0 spiro atoms. The SMILES string of the molecule is CC(C)Oc1ccc(CCc2nnc(S[C@@H](C)C(=O)[O-])n2-c2ccccc2)cc1. The summed E-state index contributed by atoms with van der Waals surface area (Å²) in [7, 11) is 0. The molecule has 0 aliphatic carbocycles. The molecular formula is C22H24N3O3S-. The molecule has 0 aliphatic heterocycles. The molecule has 2 aromatic carbocycles. The number of rotatable bonds is 9. The van der Waals surface area contributed by atoms with Crippen LogP contribution in [-0.4, -0.2) is 32.1 Å². The van der Waals surface area contributed by atoms with Crippen molar-refractivity contribution in [2.75, 3.05) is 0 Å². The lowest BCUT2D eigenvalue weighted by molar-refractivity contribution is -0.304. The minimum atomic E-state index is -1.12. The standard InChI is InChI=1S/C22H25N3O3S/c1-15(2)28-19-12-9-17(10-13-19)11-14-20-23-24-22(29-16(3)21(26)27)25(20)18-7-5-4-6-8-18/h4-10,12-13,15-16H,11,14H2,1-3H3,(H,26,27)/p-1/t16-/m0/s1. The first kappa shape index (κ1) is 20.9. The van der Waals surface area contributed by atoms with E-state index in [9.17, 15) is 9.90 Å². The fraction of sp³-hybridized carbons (Fsp3) is 0.318. The molecule has 6 nitrogen and oxygen atoms in total. The Morgan fingerprint density at radius 2 is 1.72 bits per heavy atom. The number of carbonyl (C=O) groups is 1. The monoisotopic (exact) mass is 410 g/mol. The molecule has 0 N–H and O–H groups in total. The molecule has 1 atom stereocenters. The number of carboxylic acid groups (broad SMARTS) is 1. The Morgan fingerprint density at radius 1 is 1.03 bits per heavy atom. The van der Waals surface area contributed by atoms with Crippen LogP contribution in [0.5, 0.6) is 5.75 Å². The van der Waals surface area contributed by atoms with E-state index in [2.05, 4.69) is 22.3 Å². The minimum Gasteiger partial charge on any atom is -0.549 e. The van der Waals surface area contributed by atoms with Gasteiger partial charge in [-0.25, -0.2) is 0 Å². The molecule has 0 saturated carbocycles. The van der Waals surface area contributed by atoms with E-state index in [0.29, 0.717) is 11.6 Å². The van der Waals surface area contributed by atoms with Crippen molar-refractivity contribution in [1.82, 2.24) is 14.8 Å². The highest BCUT2D eigenvalue weighted by Gasteiger charge is 2.17. The van der Waals surface area contributed by atoms with Gasteiger partial charge in [-0.2, -0.15) is 0 Å². The number of benzene rings is 2. The van der Waals surface area contributed by atoms with Crippen LogP contribution < -0.4 is 9.84 Å². The summed E-state index contributed by atoms with van der Waals surface area (Å²) in [4.78, 5) is 11.2. The molecule has 3 rings (SSSR count). The fourth-order valence-corrected chi connectivity index (χ4v) is 3.66. The second kappa shape index (κ2) is 9.60. The number of para-hydroxylation sites is 1. The molecule has 7 heteroatoms. The van der Waals surface area contributed by atoms with Gasteiger partial charge in [-0.05, 0) is 57.0 Å². The van der Waals surface area contributed by atoms with Crippen LogP contribution in [0.2, 0.25) is 0 Å². The summed E-state index contributed by atoms with van der Waals surface area (Å²) in [6.45, 7) is 5.59. The molecule has 0 unspecified atom stereocenters. The highest BCUT2D eigenvalue weighted by molar-refractivity contribution is 8.00. The van der Waals surface area contributed by atoms with Gasteiger partial charge in [0.2, 0.25) is 0 Å². The van der Waals surface area contributed by atoms with Crippen molar-refractivity contribution in [3.8, 4) is 11.4 Å². The zero-order valence-electron chi connectivity index (χ0n) is 16.7. The highest BCUT2D eigenvalue weighted by Crippen LogP contribution is 2.26. The normalized spacial score (nSPS) is 12.1. The van der Waals surface area contributed by atoms with Crippen molar-refractivity contribution in [2.24, 2.45) is 0 Å². The molecule has 0 aliphatic rings. The van der Waals surface area contributed by atoms with Crippen LogP contribution >= 0.6 is 11.8 Å². The number of thioether (sulfide) groups is 1. The van der Waals surface area contributed by atoms with Crippen LogP contribution in [0.4, 0.5) is 0 Å². The fourth-order valence-electron chi connectivity index (χ4n) is 2.84. The molecule has 0 amide bonds. The molecule has 152 valence electrons. The highest BCUT2D eigenvalue weighted by atomic mass is 32.2. The third-order valence-electron chi connectivity index (χ3n) is 4.26. The molecule has 0 saturated heterocycles. The van der Waals surface area contributed by atoms with Crippen LogP contribution in [0.15, 0.2) is 59.8 Å². The third kappa shape index (κ3) is 5.60. The lowest BCUT2D eigenvalue weighted by Crippen LogP contribution is -2.31. The van der Waals surface area contributed by atoms with E-state index >= 15 is 0 Å². The van der Waals surface area contributed by atoms with Crippen molar-refractivity contribution < 1.29 is 14.6 Å². The molecule has 0 fully saturated rings. The summed E-state index contributed by atoms with van der Waals surface area (Å²) in [5.41, 5.74) is 2.07. The molecule has 0 bridgehead atoms. The number of aliphatic carboxylic acids is 1.